The number of hydrogen-bond donors (Lipinski definition) is 3. The molecule has 0 aliphatic heterocycles. The number of nitrogens with one attached hydrogen (secondary N) is 2. The van der Waals surface area contributed by atoms with E-state index in [-0.39, 0.29) is 18.6 Å². The van der Waals surface area contributed by atoms with Crippen molar-refractivity contribution in [2.45, 2.75) is 63.2 Å². The molecule has 2 amide bonds. The van der Waals surface area contributed by atoms with E-state index in [2.05, 4.69) is 26.7 Å². The highest BCUT2D eigenvalue weighted by atomic mass is 32.2. The Morgan fingerprint density at radius 3 is 2.74 bits per heavy atom. The first-order valence-corrected chi connectivity index (χ1v) is 14.6. The second kappa shape index (κ2) is 11.4. The number of allylic oxidation sites excluding steroid dienone is 2. The van der Waals surface area contributed by atoms with Crippen LogP contribution in [-0.2, 0) is 19.4 Å². The third-order valence-electron chi connectivity index (χ3n) is 7.27. The highest BCUT2D eigenvalue weighted by Crippen LogP contribution is 2.32. The van der Waals surface area contributed by atoms with Crippen molar-refractivity contribution in [1.29, 1.82) is 5.26 Å². The van der Waals surface area contributed by atoms with Crippen LogP contribution < -0.4 is 26.8 Å². The molecule has 2 heterocycles. The Morgan fingerprint density at radius 1 is 1.26 bits per heavy atom. The molecule has 2 atom stereocenters. The molecule has 39 heavy (non-hydrogen) atoms. The van der Waals surface area contributed by atoms with E-state index in [0.29, 0.717) is 42.9 Å². The zero-order valence-corrected chi connectivity index (χ0v) is 22.8. The third kappa shape index (κ3) is 6.17. The van der Waals surface area contributed by atoms with Crippen LogP contribution >= 0.6 is 0 Å². The fourth-order valence-corrected chi connectivity index (χ4v) is 6.59. The molecule has 1 saturated carbocycles. The van der Waals surface area contributed by atoms with Crippen LogP contribution in [0.15, 0.2) is 36.3 Å². The van der Waals surface area contributed by atoms with Gasteiger partial charge in [0.25, 0.3) is 0 Å². The first kappa shape index (κ1) is 28.0. The number of aromatic nitrogens is 2. The van der Waals surface area contributed by atoms with E-state index in [4.69, 9.17) is 5.73 Å². The lowest BCUT2D eigenvalue weighted by Gasteiger charge is -2.35. The molecular weight excluding hydrogens is 516 g/mol. The monoisotopic (exact) mass is 548 g/mol. The van der Waals surface area contributed by atoms with Crippen LogP contribution in [0.2, 0.25) is 0 Å². The van der Waals surface area contributed by atoms with Crippen LogP contribution in [0.5, 0.6) is 0 Å². The first-order valence-electron chi connectivity index (χ1n) is 12.9. The Bertz CT molecular complexity index is 1610. The fourth-order valence-electron chi connectivity index (χ4n) is 5.06. The standard InChI is InChI=1S/C28H32N6O4S/c1-3-39(37,38)21-8-6-11-28(15-21,17-29)34-27(36)26(35)32-20-7-4-5-9-22-19(13-20)14-24(33-25(22)30)23-16-31-12-10-18(23)2/h7,9-10,12-14,16,21H,3-6,8,11,15H2,1-2H3,(H2,30,33)(H,32,35)(H,34,36)/b19-13-,20-7+,22-9+. The van der Waals surface area contributed by atoms with Crippen LogP contribution in [0.3, 0.4) is 0 Å². The highest BCUT2D eigenvalue weighted by Gasteiger charge is 2.43. The van der Waals surface area contributed by atoms with Crippen LogP contribution in [0.1, 0.15) is 51.0 Å². The van der Waals surface area contributed by atoms with E-state index in [0.717, 1.165) is 21.6 Å². The molecule has 0 radical (unpaired) electrons. The lowest BCUT2D eigenvalue weighted by Crippen LogP contribution is -2.56. The van der Waals surface area contributed by atoms with E-state index < -0.39 is 32.4 Å². The van der Waals surface area contributed by atoms with Gasteiger partial charge in [0, 0.05) is 41.0 Å². The van der Waals surface area contributed by atoms with Gasteiger partial charge >= 0.3 is 11.8 Å². The Kier molecular flexibility index (Phi) is 8.16. The average Bonchev–Trinajstić information content (AvgIpc) is 2.90. The van der Waals surface area contributed by atoms with E-state index in [1.165, 1.54) is 0 Å². The minimum Gasteiger partial charge on any atom is -0.383 e. The maximum absolute atomic E-state index is 12.9. The predicted octanol–water partition coefficient (Wildman–Crippen LogP) is 1.15. The van der Waals surface area contributed by atoms with Gasteiger partial charge in [-0.25, -0.2) is 13.4 Å². The molecule has 0 aromatic carbocycles. The number of aryl methyl sites for hydroxylation is 1. The van der Waals surface area contributed by atoms with Crippen molar-refractivity contribution >= 4 is 39.6 Å². The van der Waals surface area contributed by atoms with E-state index in [1.807, 2.05) is 25.1 Å². The smallest absolute Gasteiger partial charge is 0.313 e. The van der Waals surface area contributed by atoms with Crippen molar-refractivity contribution in [3.8, 4) is 17.3 Å². The van der Waals surface area contributed by atoms with Gasteiger partial charge in [-0.1, -0.05) is 19.1 Å². The summed E-state index contributed by atoms with van der Waals surface area (Å²) in [6.45, 7) is 3.51. The number of nitrogens with two attached hydrogens (primary N) is 1. The van der Waals surface area contributed by atoms with Crippen LogP contribution in [0.4, 0.5) is 5.82 Å². The summed E-state index contributed by atoms with van der Waals surface area (Å²) in [5.41, 5.74) is 7.74. The van der Waals surface area contributed by atoms with E-state index >= 15 is 0 Å². The normalized spacial score (nSPS) is 24.0. The zero-order valence-electron chi connectivity index (χ0n) is 22.0. The molecule has 0 spiro atoms. The molecule has 4 rings (SSSR count). The number of amides is 2. The number of nitriles is 1. The van der Waals surface area contributed by atoms with Gasteiger partial charge in [-0.3, -0.25) is 14.6 Å². The molecule has 4 N–H and O–H groups in total. The van der Waals surface area contributed by atoms with Gasteiger partial charge in [-0.2, -0.15) is 5.26 Å². The van der Waals surface area contributed by atoms with Gasteiger partial charge < -0.3 is 16.4 Å². The molecule has 0 bridgehead atoms. The summed E-state index contributed by atoms with van der Waals surface area (Å²) in [6.07, 6.45) is 11.3. The minimum absolute atomic E-state index is 0.0421. The van der Waals surface area contributed by atoms with Crippen LogP contribution in [-0.4, -0.2) is 46.7 Å². The van der Waals surface area contributed by atoms with Crippen molar-refractivity contribution in [1.82, 2.24) is 20.6 Å². The third-order valence-corrected chi connectivity index (χ3v) is 9.50. The summed E-state index contributed by atoms with van der Waals surface area (Å²) in [5, 5.41) is 15.8. The Balaban J connectivity index is 1.58. The molecule has 2 aliphatic rings. The zero-order chi connectivity index (χ0) is 28.2. The summed E-state index contributed by atoms with van der Waals surface area (Å²) in [6, 6.07) is 5.81. The number of nitrogen functional groups attached to an aromatic ring is 1. The largest absolute Gasteiger partial charge is 0.383 e. The van der Waals surface area contributed by atoms with Gasteiger partial charge in [-0.15, -0.1) is 0 Å². The number of fused-ring (bicyclic) bond motifs is 1. The number of hydrogen-bond acceptors (Lipinski definition) is 8. The van der Waals surface area contributed by atoms with Gasteiger partial charge in [0.1, 0.15) is 11.4 Å². The molecule has 2 unspecified atom stereocenters. The second-order valence-corrected chi connectivity index (χ2v) is 12.5. The summed E-state index contributed by atoms with van der Waals surface area (Å²) in [5.74, 6) is -1.63. The first-order chi connectivity index (χ1) is 18.6. The predicted molar refractivity (Wildman–Crippen MR) is 148 cm³/mol. The number of rotatable bonds is 5. The van der Waals surface area contributed by atoms with Gasteiger partial charge in [0.15, 0.2) is 9.84 Å². The molecule has 0 saturated heterocycles. The number of nitrogens with zero attached hydrogens (tertiary/aromatic N) is 3. The van der Waals surface area contributed by atoms with Crippen LogP contribution in [0, 0.1) is 18.3 Å². The summed E-state index contributed by atoms with van der Waals surface area (Å²) in [7, 11) is -3.39. The fraction of sp³-hybridized carbons (Fsp3) is 0.393. The molecule has 204 valence electrons. The van der Waals surface area contributed by atoms with Crippen LogP contribution in [0.25, 0.3) is 23.4 Å². The van der Waals surface area contributed by atoms with Crippen molar-refractivity contribution in [2.24, 2.45) is 0 Å². The quantitative estimate of drug-likeness (QED) is 0.468. The maximum atomic E-state index is 12.9. The molecule has 2 aromatic rings. The lowest BCUT2D eigenvalue weighted by atomic mass is 9.82. The molecule has 10 nitrogen and oxygen atoms in total. The Hall–Kier alpha value is -4.04. The highest BCUT2D eigenvalue weighted by molar-refractivity contribution is 7.92. The summed E-state index contributed by atoms with van der Waals surface area (Å²) in [4.78, 5) is 34.6. The molecule has 2 aromatic heterocycles. The van der Waals surface area contributed by atoms with Crippen molar-refractivity contribution in [3.63, 3.8) is 0 Å². The number of sulfone groups is 1. The molecule has 1 fully saturated rings. The van der Waals surface area contributed by atoms with Crippen molar-refractivity contribution in [2.75, 3.05) is 11.5 Å². The second-order valence-electron chi connectivity index (χ2n) is 9.94. The number of carbonyl (C=O) groups excluding carboxylic acids is 2. The van der Waals surface area contributed by atoms with Gasteiger partial charge in [0.05, 0.1) is 17.0 Å². The molecule has 11 heteroatoms. The minimum atomic E-state index is -3.39. The van der Waals surface area contributed by atoms with E-state index in [9.17, 15) is 23.3 Å². The van der Waals surface area contributed by atoms with Gasteiger partial charge in [-0.05, 0) is 68.0 Å². The average molecular weight is 549 g/mol. The number of carbonyl (C=O) groups is 2. The number of anilines is 1. The Morgan fingerprint density at radius 2 is 2.03 bits per heavy atom. The van der Waals surface area contributed by atoms with Crippen molar-refractivity contribution in [3.05, 3.63) is 52.3 Å². The Labute approximate surface area is 227 Å². The summed E-state index contributed by atoms with van der Waals surface area (Å²) < 4.78 is 24.9. The number of pyridine rings is 2. The molecule has 2 aliphatic carbocycles. The molecular formula is C28H32N6O4S. The summed E-state index contributed by atoms with van der Waals surface area (Å²) >= 11 is 0. The van der Waals surface area contributed by atoms with E-state index in [1.54, 1.807) is 31.5 Å². The SMILES string of the molecule is CCS(=O)(=O)C1CCCC(C#N)(NC(=O)C(=O)NC2=C\CC/C=c3/c(N)nc(-c4cnccc4C)c/c3=C/2)C1. The lowest BCUT2D eigenvalue weighted by molar-refractivity contribution is -0.139. The van der Waals surface area contributed by atoms with Gasteiger partial charge in [0.2, 0.25) is 0 Å². The maximum Gasteiger partial charge on any atom is 0.313 e. The topological polar surface area (TPSA) is 168 Å². The van der Waals surface area contributed by atoms with Crippen molar-refractivity contribution < 1.29 is 18.0 Å².